The number of thiophene rings is 1. The largest absolute Gasteiger partial charge is 0.444 e. The molecule has 0 aromatic carbocycles. The van der Waals surface area contributed by atoms with Gasteiger partial charge in [0.1, 0.15) is 34.8 Å². The molecule has 192 valence electrons. The zero-order chi connectivity index (χ0) is 25.5. The third-order valence-corrected chi connectivity index (χ3v) is 6.83. The first-order chi connectivity index (χ1) is 16.3. The van der Waals surface area contributed by atoms with Crippen molar-refractivity contribution in [1.29, 1.82) is 0 Å². The molecule has 2 amide bonds. The van der Waals surface area contributed by atoms with Crippen molar-refractivity contribution in [2.75, 3.05) is 37.6 Å². The van der Waals surface area contributed by atoms with E-state index in [1.807, 2.05) is 4.90 Å². The molecule has 0 aliphatic carbocycles. The van der Waals surface area contributed by atoms with Crippen molar-refractivity contribution < 1.29 is 31.9 Å². The Balaban J connectivity index is 1.43. The number of ether oxygens (including phenoxy) is 1. The van der Waals surface area contributed by atoms with Crippen LogP contribution in [-0.2, 0) is 16.0 Å². The standard InChI is InChI=1S/C22H27F4N5O3S/c1-21(2,3)34-20(33)31-11-13(23)8-16(31)19(32)30-6-4-29(5-7-30)17-15-9-14(10-22(24,25)26)35-18(15)28-12-27-17/h9,12-13,16H,4-8,10-11H2,1-3H3/t13?,16-/m0/s1. The number of alkyl halides is 4. The van der Waals surface area contributed by atoms with Crippen molar-refractivity contribution in [3.63, 3.8) is 0 Å². The van der Waals surface area contributed by atoms with Crippen molar-refractivity contribution >= 4 is 39.4 Å². The number of hydrogen-bond acceptors (Lipinski definition) is 7. The molecule has 0 spiro atoms. The maximum absolute atomic E-state index is 14.2. The molecule has 13 heteroatoms. The zero-order valence-corrected chi connectivity index (χ0v) is 20.5. The maximum atomic E-state index is 14.2. The van der Waals surface area contributed by atoms with Crippen LogP contribution in [0.3, 0.4) is 0 Å². The second kappa shape index (κ2) is 9.40. The van der Waals surface area contributed by atoms with Gasteiger partial charge in [-0.15, -0.1) is 11.3 Å². The molecule has 4 rings (SSSR count). The molecule has 0 saturated carbocycles. The van der Waals surface area contributed by atoms with Crippen LogP contribution in [0.5, 0.6) is 0 Å². The predicted molar refractivity (Wildman–Crippen MR) is 122 cm³/mol. The Morgan fingerprint density at radius 1 is 1.14 bits per heavy atom. The Bertz CT molecular complexity index is 1090. The maximum Gasteiger partial charge on any atom is 0.411 e. The van der Waals surface area contributed by atoms with E-state index in [9.17, 15) is 27.2 Å². The number of rotatable bonds is 3. The molecule has 2 fully saturated rings. The molecule has 2 saturated heterocycles. The molecule has 35 heavy (non-hydrogen) atoms. The molecule has 0 N–H and O–H groups in total. The van der Waals surface area contributed by atoms with Crippen LogP contribution in [0, 0.1) is 0 Å². The fourth-order valence-corrected chi connectivity index (χ4v) is 5.34. The Morgan fingerprint density at radius 3 is 2.46 bits per heavy atom. The summed E-state index contributed by atoms with van der Waals surface area (Å²) < 4.78 is 58.0. The van der Waals surface area contributed by atoms with Gasteiger partial charge < -0.3 is 14.5 Å². The van der Waals surface area contributed by atoms with Crippen molar-refractivity contribution in [3.05, 3.63) is 17.3 Å². The molecule has 4 heterocycles. The summed E-state index contributed by atoms with van der Waals surface area (Å²) in [6.45, 7) is 6.30. The van der Waals surface area contributed by atoms with Gasteiger partial charge in [-0.3, -0.25) is 9.69 Å². The molecule has 0 radical (unpaired) electrons. The van der Waals surface area contributed by atoms with Crippen LogP contribution in [0.15, 0.2) is 12.4 Å². The number of anilines is 1. The summed E-state index contributed by atoms with van der Waals surface area (Å²) in [4.78, 5) is 39.4. The van der Waals surface area contributed by atoms with Gasteiger partial charge in [-0.05, 0) is 26.8 Å². The molecule has 1 unspecified atom stereocenters. The molecular weight excluding hydrogens is 490 g/mol. The van der Waals surface area contributed by atoms with Crippen LogP contribution in [-0.4, -0.2) is 88.5 Å². The lowest BCUT2D eigenvalue weighted by molar-refractivity contribution is -0.136. The highest BCUT2D eigenvalue weighted by Crippen LogP contribution is 2.34. The molecule has 8 nitrogen and oxygen atoms in total. The van der Waals surface area contributed by atoms with E-state index >= 15 is 0 Å². The van der Waals surface area contributed by atoms with Crippen LogP contribution in [0.1, 0.15) is 32.1 Å². The fraction of sp³-hybridized carbons (Fsp3) is 0.636. The number of aromatic nitrogens is 2. The lowest BCUT2D eigenvalue weighted by Crippen LogP contribution is -2.55. The van der Waals surface area contributed by atoms with Crippen LogP contribution in [0.25, 0.3) is 10.2 Å². The molecule has 2 atom stereocenters. The average molecular weight is 518 g/mol. The quantitative estimate of drug-likeness (QED) is 0.577. The van der Waals surface area contributed by atoms with Crippen molar-refractivity contribution in [3.8, 4) is 0 Å². The van der Waals surface area contributed by atoms with Gasteiger partial charge in [0.25, 0.3) is 0 Å². The summed E-state index contributed by atoms with van der Waals surface area (Å²) in [5.41, 5.74) is -0.769. The minimum Gasteiger partial charge on any atom is -0.444 e. The molecule has 2 aromatic rings. The van der Waals surface area contributed by atoms with E-state index in [0.29, 0.717) is 42.2 Å². The smallest absolute Gasteiger partial charge is 0.411 e. The van der Waals surface area contributed by atoms with Gasteiger partial charge in [0.05, 0.1) is 18.4 Å². The lowest BCUT2D eigenvalue weighted by atomic mass is 10.1. The van der Waals surface area contributed by atoms with E-state index in [1.165, 1.54) is 12.4 Å². The van der Waals surface area contributed by atoms with Gasteiger partial charge in [0, 0.05) is 37.5 Å². The van der Waals surface area contributed by atoms with Crippen molar-refractivity contribution in [2.24, 2.45) is 0 Å². The highest BCUT2D eigenvalue weighted by molar-refractivity contribution is 7.18. The molecule has 0 bridgehead atoms. The van der Waals surface area contributed by atoms with Crippen molar-refractivity contribution in [2.45, 2.75) is 57.6 Å². The summed E-state index contributed by atoms with van der Waals surface area (Å²) in [6.07, 6.45) is -6.13. The first-order valence-electron chi connectivity index (χ1n) is 11.3. The number of carbonyl (C=O) groups is 2. The number of halogens is 4. The summed E-state index contributed by atoms with van der Waals surface area (Å²) in [7, 11) is 0. The van der Waals surface area contributed by atoms with Gasteiger partial charge in [-0.2, -0.15) is 13.2 Å². The highest BCUT2D eigenvalue weighted by Gasteiger charge is 2.43. The van der Waals surface area contributed by atoms with Crippen LogP contribution >= 0.6 is 11.3 Å². The SMILES string of the molecule is CC(C)(C)OC(=O)N1CC(F)C[C@H]1C(=O)N1CCN(c2ncnc3sc(CC(F)(F)F)cc23)CC1. The monoisotopic (exact) mass is 517 g/mol. The third kappa shape index (κ3) is 5.93. The van der Waals surface area contributed by atoms with Gasteiger partial charge in [0.2, 0.25) is 5.91 Å². The number of hydrogen-bond donors (Lipinski definition) is 0. The van der Waals surface area contributed by atoms with Gasteiger partial charge >= 0.3 is 12.3 Å². The number of likely N-dealkylation sites (tertiary alicyclic amines) is 1. The summed E-state index contributed by atoms with van der Waals surface area (Å²) in [5, 5.41) is 0.545. The molecular formula is C22H27F4N5O3S. The topological polar surface area (TPSA) is 78.9 Å². The summed E-state index contributed by atoms with van der Waals surface area (Å²) in [5.74, 6) is 0.179. The normalized spacial score (nSPS) is 21.6. The first kappa shape index (κ1) is 25.4. The van der Waals surface area contributed by atoms with E-state index < -0.39 is 36.5 Å². The van der Waals surface area contributed by atoms with Crippen LogP contribution in [0.4, 0.5) is 28.2 Å². The second-order valence-corrected chi connectivity index (χ2v) is 10.8. The van der Waals surface area contributed by atoms with E-state index in [0.717, 1.165) is 16.2 Å². The summed E-state index contributed by atoms with van der Waals surface area (Å²) >= 11 is 0.984. The van der Waals surface area contributed by atoms with Crippen molar-refractivity contribution in [1.82, 2.24) is 19.8 Å². The third-order valence-electron chi connectivity index (χ3n) is 5.79. The van der Waals surface area contributed by atoms with E-state index in [1.54, 1.807) is 25.7 Å². The predicted octanol–water partition coefficient (Wildman–Crippen LogP) is 3.79. The lowest BCUT2D eigenvalue weighted by Gasteiger charge is -2.38. The number of nitrogens with zero attached hydrogens (tertiary/aromatic N) is 5. The minimum atomic E-state index is -4.31. The second-order valence-electron chi connectivity index (χ2n) is 9.71. The zero-order valence-electron chi connectivity index (χ0n) is 19.6. The van der Waals surface area contributed by atoms with E-state index in [-0.39, 0.29) is 23.7 Å². The van der Waals surface area contributed by atoms with E-state index in [4.69, 9.17) is 4.74 Å². The van der Waals surface area contributed by atoms with E-state index in [2.05, 4.69) is 9.97 Å². The van der Waals surface area contributed by atoms with Crippen LogP contribution in [0.2, 0.25) is 0 Å². The Morgan fingerprint density at radius 2 is 1.83 bits per heavy atom. The fourth-order valence-electron chi connectivity index (χ4n) is 4.32. The summed E-state index contributed by atoms with van der Waals surface area (Å²) in [6, 6.07) is 0.540. The Kier molecular flexibility index (Phi) is 6.82. The number of amides is 2. The van der Waals surface area contributed by atoms with Gasteiger partial charge in [-0.1, -0.05) is 0 Å². The van der Waals surface area contributed by atoms with Gasteiger partial charge in [0.15, 0.2) is 0 Å². The number of fused-ring (bicyclic) bond motifs is 1. The molecule has 2 aliphatic heterocycles. The first-order valence-corrected chi connectivity index (χ1v) is 12.1. The Labute approximate surface area is 203 Å². The minimum absolute atomic E-state index is 0.0816. The number of piperazine rings is 1. The van der Waals surface area contributed by atoms with Gasteiger partial charge in [-0.25, -0.2) is 19.2 Å². The Hall–Kier alpha value is -2.70. The molecule has 2 aromatic heterocycles. The van der Waals surface area contributed by atoms with Crippen LogP contribution < -0.4 is 4.90 Å². The highest BCUT2D eigenvalue weighted by atomic mass is 32.1. The average Bonchev–Trinajstić information content (AvgIpc) is 3.33. The molecule has 2 aliphatic rings. The number of carbonyl (C=O) groups excluding carboxylic acids is 2.